The number of aryl methyl sites for hydroxylation is 1. The number of hydrogen-bond acceptors (Lipinski definition) is 3. The zero-order valence-corrected chi connectivity index (χ0v) is 10.2. The van der Waals surface area contributed by atoms with Crippen molar-refractivity contribution < 1.29 is 19.8 Å². The van der Waals surface area contributed by atoms with Gasteiger partial charge in [-0.3, -0.25) is 4.79 Å². The molecule has 1 rings (SSSR count). The fourth-order valence-corrected chi connectivity index (χ4v) is 1.61. The third-order valence-corrected chi connectivity index (χ3v) is 2.49. The molecule has 0 saturated carbocycles. The Balaban J connectivity index is 3.19. The van der Waals surface area contributed by atoms with Crippen molar-refractivity contribution in [3.63, 3.8) is 0 Å². The van der Waals surface area contributed by atoms with E-state index in [1.807, 2.05) is 0 Å². The number of halogens is 1. The molecule has 2 N–H and O–H groups in total. The minimum Gasteiger partial charge on any atom is -0.479 e. The largest absolute Gasteiger partial charge is 0.479 e. The van der Waals surface area contributed by atoms with E-state index in [0.717, 1.165) is 0 Å². The van der Waals surface area contributed by atoms with Crippen molar-refractivity contribution >= 4 is 23.4 Å². The maximum Gasteiger partial charge on any atom is 0.337 e. The third kappa shape index (κ3) is 3.28. The molecule has 4 nitrogen and oxygen atoms in total. The molecule has 0 heterocycles. The van der Waals surface area contributed by atoms with Gasteiger partial charge >= 0.3 is 5.97 Å². The average molecular weight is 257 g/mol. The number of carbonyl (C=O) groups is 2. The molecule has 2 unspecified atom stereocenters. The SMILES string of the molecule is Cc1cc(C(=O)C(C)Cl)cc(C(O)C(=O)O)c1. The predicted octanol–water partition coefficient (Wildman–Crippen LogP) is 1.92. The van der Waals surface area contributed by atoms with Crippen molar-refractivity contribution in [3.05, 3.63) is 34.9 Å². The molecule has 0 spiro atoms. The molecule has 1 aromatic carbocycles. The lowest BCUT2D eigenvalue weighted by Crippen LogP contribution is -2.14. The van der Waals surface area contributed by atoms with Gasteiger partial charge in [0.15, 0.2) is 11.9 Å². The van der Waals surface area contributed by atoms with Gasteiger partial charge in [0.1, 0.15) is 0 Å². The van der Waals surface area contributed by atoms with Gasteiger partial charge in [0.25, 0.3) is 0 Å². The second-order valence-electron chi connectivity index (χ2n) is 3.85. The number of carboxylic acid groups (broad SMARTS) is 1. The fraction of sp³-hybridized carbons (Fsp3) is 0.333. The maximum absolute atomic E-state index is 11.7. The standard InChI is InChI=1S/C12H13ClO4/c1-6-3-8(10(14)7(2)13)5-9(4-6)11(15)12(16)17/h3-5,7,11,15H,1-2H3,(H,16,17). The fourth-order valence-electron chi connectivity index (χ4n) is 1.49. The number of ketones is 1. The Morgan fingerprint density at radius 1 is 1.29 bits per heavy atom. The van der Waals surface area contributed by atoms with E-state index >= 15 is 0 Å². The highest BCUT2D eigenvalue weighted by Crippen LogP contribution is 2.19. The van der Waals surface area contributed by atoms with Crippen LogP contribution in [0.15, 0.2) is 18.2 Å². The van der Waals surface area contributed by atoms with E-state index in [9.17, 15) is 14.7 Å². The number of carboxylic acids is 1. The molecule has 2 atom stereocenters. The highest BCUT2D eigenvalue weighted by Gasteiger charge is 2.19. The van der Waals surface area contributed by atoms with Crippen LogP contribution < -0.4 is 0 Å². The second kappa shape index (κ2) is 5.29. The van der Waals surface area contributed by atoms with Gasteiger partial charge in [0.2, 0.25) is 0 Å². The number of hydrogen-bond donors (Lipinski definition) is 2. The molecule has 5 heteroatoms. The lowest BCUT2D eigenvalue weighted by molar-refractivity contribution is -0.146. The lowest BCUT2D eigenvalue weighted by Gasteiger charge is -2.10. The van der Waals surface area contributed by atoms with Crippen LogP contribution in [0.2, 0.25) is 0 Å². The van der Waals surface area contributed by atoms with E-state index in [1.165, 1.54) is 12.1 Å². The second-order valence-corrected chi connectivity index (χ2v) is 4.51. The Kier molecular flexibility index (Phi) is 4.26. The van der Waals surface area contributed by atoms with Crippen LogP contribution in [0.4, 0.5) is 0 Å². The van der Waals surface area contributed by atoms with E-state index < -0.39 is 17.5 Å². The number of Topliss-reactive ketones (excluding diaryl/α,β-unsaturated/α-hetero) is 1. The zero-order chi connectivity index (χ0) is 13.2. The monoisotopic (exact) mass is 256 g/mol. The molecule has 0 radical (unpaired) electrons. The first-order chi connectivity index (χ1) is 7.82. The van der Waals surface area contributed by atoms with Crippen LogP contribution in [0.1, 0.15) is 34.5 Å². The molecule has 1 aromatic rings. The first-order valence-electron chi connectivity index (χ1n) is 5.03. The maximum atomic E-state index is 11.7. The average Bonchev–Trinajstić information content (AvgIpc) is 2.25. The normalized spacial score (nSPS) is 14.1. The molecule has 0 saturated heterocycles. The van der Waals surface area contributed by atoms with Crippen LogP contribution in [-0.4, -0.2) is 27.3 Å². The van der Waals surface area contributed by atoms with E-state index in [-0.39, 0.29) is 11.3 Å². The van der Waals surface area contributed by atoms with Crippen LogP contribution >= 0.6 is 11.6 Å². The minimum absolute atomic E-state index is 0.179. The van der Waals surface area contributed by atoms with Crippen molar-refractivity contribution in [3.8, 4) is 0 Å². The summed E-state index contributed by atoms with van der Waals surface area (Å²) >= 11 is 5.68. The summed E-state index contributed by atoms with van der Waals surface area (Å²) in [6.07, 6.45) is -1.63. The number of aliphatic carboxylic acids is 1. The van der Waals surface area contributed by atoms with Crippen LogP contribution in [0, 0.1) is 6.92 Å². The molecule has 92 valence electrons. The van der Waals surface area contributed by atoms with Gasteiger partial charge in [-0.25, -0.2) is 4.79 Å². The number of rotatable bonds is 4. The van der Waals surface area contributed by atoms with E-state index in [0.29, 0.717) is 11.1 Å². The quantitative estimate of drug-likeness (QED) is 0.638. The van der Waals surface area contributed by atoms with Gasteiger partial charge in [-0.2, -0.15) is 0 Å². The molecule has 0 bridgehead atoms. The van der Waals surface area contributed by atoms with E-state index in [2.05, 4.69) is 0 Å². The molecular formula is C12H13ClO4. The van der Waals surface area contributed by atoms with Crippen molar-refractivity contribution in [1.82, 2.24) is 0 Å². The minimum atomic E-state index is -1.63. The molecule has 0 aromatic heterocycles. The van der Waals surface area contributed by atoms with Crippen molar-refractivity contribution in [2.24, 2.45) is 0 Å². The summed E-state index contributed by atoms with van der Waals surface area (Å²) in [7, 11) is 0. The van der Waals surface area contributed by atoms with E-state index in [1.54, 1.807) is 19.9 Å². The highest BCUT2D eigenvalue weighted by molar-refractivity contribution is 6.33. The van der Waals surface area contributed by atoms with Crippen molar-refractivity contribution in [2.45, 2.75) is 25.3 Å². The number of alkyl halides is 1. The Morgan fingerprint density at radius 3 is 2.35 bits per heavy atom. The summed E-state index contributed by atoms with van der Waals surface area (Å²) in [6.45, 7) is 3.26. The summed E-state index contributed by atoms with van der Waals surface area (Å²) in [5, 5.41) is 17.4. The van der Waals surface area contributed by atoms with Crippen LogP contribution in [-0.2, 0) is 4.79 Å². The molecule has 17 heavy (non-hydrogen) atoms. The first kappa shape index (κ1) is 13.7. The first-order valence-corrected chi connectivity index (χ1v) is 5.47. The van der Waals surface area contributed by atoms with Crippen LogP contribution in [0.3, 0.4) is 0 Å². The summed E-state index contributed by atoms with van der Waals surface area (Å²) < 4.78 is 0. The van der Waals surface area contributed by atoms with E-state index in [4.69, 9.17) is 16.7 Å². The summed E-state index contributed by atoms with van der Waals surface area (Å²) in [5.74, 6) is -1.65. The molecule has 0 aliphatic carbocycles. The van der Waals surface area contributed by atoms with Crippen molar-refractivity contribution in [1.29, 1.82) is 0 Å². The van der Waals surface area contributed by atoms with Gasteiger partial charge in [0.05, 0.1) is 5.38 Å². The molecular weight excluding hydrogens is 244 g/mol. The number of carbonyl (C=O) groups excluding carboxylic acids is 1. The third-order valence-electron chi connectivity index (χ3n) is 2.30. The van der Waals surface area contributed by atoms with Gasteiger partial charge in [-0.15, -0.1) is 11.6 Å². The Hall–Kier alpha value is -1.39. The number of aliphatic hydroxyl groups excluding tert-OH is 1. The van der Waals surface area contributed by atoms with Crippen molar-refractivity contribution in [2.75, 3.05) is 0 Å². The highest BCUT2D eigenvalue weighted by atomic mass is 35.5. The zero-order valence-electron chi connectivity index (χ0n) is 9.48. The Morgan fingerprint density at radius 2 is 1.88 bits per heavy atom. The van der Waals surface area contributed by atoms with Gasteiger partial charge < -0.3 is 10.2 Å². The predicted molar refractivity (Wildman–Crippen MR) is 63.4 cm³/mol. The number of aliphatic hydroxyl groups is 1. The molecule has 0 aliphatic heterocycles. The molecule has 0 amide bonds. The lowest BCUT2D eigenvalue weighted by atomic mass is 9.99. The Labute approximate surface area is 104 Å². The summed E-state index contributed by atoms with van der Waals surface area (Å²) in [5.41, 5.74) is 1.18. The van der Waals surface area contributed by atoms with Gasteiger partial charge in [0, 0.05) is 5.56 Å². The van der Waals surface area contributed by atoms with Gasteiger partial charge in [-0.05, 0) is 31.5 Å². The molecule has 0 fully saturated rings. The summed E-state index contributed by atoms with van der Waals surface area (Å²) in [6, 6.07) is 4.49. The number of benzene rings is 1. The topological polar surface area (TPSA) is 74.6 Å². The smallest absolute Gasteiger partial charge is 0.337 e. The van der Waals surface area contributed by atoms with Crippen LogP contribution in [0.5, 0.6) is 0 Å². The molecule has 0 aliphatic rings. The van der Waals surface area contributed by atoms with Gasteiger partial charge in [-0.1, -0.05) is 11.6 Å². The summed E-state index contributed by atoms with van der Waals surface area (Å²) in [4.78, 5) is 22.3. The van der Waals surface area contributed by atoms with Crippen LogP contribution in [0.25, 0.3) is 0 Å². The Bertz CT molecular complexity index is 454.